The van der Waals surface area contributed by atoms with Crippen LogP contribution >= 0.6 is 11.6 Å². The minimum atomic E-state index is 0.480. The summed E-state index contributed by atoms with van der Waals surface area (Å²) >= 11 is 6.10. The van der Waals surface area contributed by atoms with E-state index in [4.69, 9.17) is 21.1 Å². The number of nitrogens with one attached hydrogen (secondary N) is 2. The third kappa shape index (κ3) is 3.33. The second-order valence-electron chi connectivity index (χ2n) is 5.00. The van der Waals surface area contributed by atoms with Gasteiger partial charge in [-0.25, -0.2) is 4.98 Å². The number of aromatic nitrogens is 2. The molecule has 0 atom stereocenters. The molecule has 0 bridgehead atoms. The van der Waals surface area contributed by atoms with Gasteiger partial charge in [0.1, 0.15) is 17.3 Å². The number of hydrogen-bond donors (Lipinski definition) is 2. The summed E-state index contributed by atoms with van der Waals surface area (Å²) in [5.74, 6) is 2.43. The third-order valence-corrected chi connectivity index (χ3v) is 3.60. The van der Waals surface area contributed by atoms with Crippen molar-refractivity contribution in [1.82, 2.24) is 9.97 Å². The molecular weight excluding hydrogens is 304 g/mol. The predicted octanol–water partition coefficient (Wildman–Crippen LogP) is 3.47. The molecule has 0 aliphatic heterocycles. The zero-order valence-electron chi connectivity index (χ0n) is 12.4. The molecule has 116 valence electrons. The molecule has 0 saturated heterocycles. The molecule has 22 heavy (non-hydrogen) atoms. The van der Waals surface area contributed by atoms with Crippen LogP contribution in [-0.2, 0) is 0 Å². The van der Waals surface area contributed by atoms with Crippen LogP contribution in [0.1, 0.15) is 12.8 Å². The summed E-state index contributed by atoms with van der Waals surface area (Å²) in [7, 11) is 3.14. The Morgan fingerprint density at radius 3 is 2.64 bits per heavy atom. The van der Waals surface area contributed by atoms with Crippen LogP contribution in [0, 0.1) is 0 Å². The summed E-state index contributed by atoms with van der Waals surface area (Å²) in [6, 6.07) is 5.83. The Bertz CT molecular complexity index is 677. The van der Waals surface area contributed by atoms with Gasteiger partial charge in [-0.1, -0.05) is 11.6 Å². The molecule has 0 radical (unpaired) electrons. The fourth-order valence-electron chi connectivity index (χ4n) is 2.01. The number of anilines is 3. The Balaban J connectivity index is 1.85. The first-order valence-electron chi connectivity index (χ1n) is 6.97. The van der Waals surface area contributed by atoms with Gasteiger partial charge in [-0.05, 0) is 18.9 Å². The Kier molecular flexibility index (Phi) is 4.20. The zero-order valence-corrected chi connectivity index (χ0v) is 13.1. The Labute approximate surface area is 133 Å². The largest absolute Gasteiger partial charge is 0.495 e. The van der Waals surface area contributed by atoms with Crippen LogP contribution in [0.4, 0.5) is 17.5 Å². The molecule has 2 aromatic rings. The maximum atomic E-state index is 6.10. The van der Waals surface area contributed by atoms with Crippen LogP contribution in [0.2, 0.25) is 5.02 Å². The molecule has 3 rings (SSSR count). The molecule has 1 aliphatic carbocycles. The molecule has 2 N–H and O–H groups in total. The second-order valence-corrected chi connectivity index (χ2v) is 5.40. The number of hydrogen-bond acceptors (Lipinski definition) is 6. The summed E-state index contributed by atoms with van der Waals surface area (Å²) in [6.07, 6.45) is 4.09. The number of benzene rings is 1. The quantitative estimate of drug-likeness (QED) is 0.849. The smallest absolute Gasteiger partial charge is 0.229 e. The van der Waals surface area contributed by atoms with Crippen molar-refractivity contribution >= 4 is 29.1 Å². The lowest BCUT2D eigenvalue weighted by Crippen LogP contribution is -2.06. The van der Waals surface area contributed by atoms with Crippen molar-refractivity contribution in [3.63, 3.8) is 0 Å². The molecule has 1 aromatic carbocycles. The highest BCUT2D eigenvalue weighted by atomic mass is 35.5. The molecule has 0 spiro atoms. The number of ether oxygens (including phenoxy) is 2. The minimum absolute atomic E-state index is 0.480. The summed E-state index contributed by atoms with van der Waals surface area (Å²) in [5, 5.41) is 6.95. The normalized spacial score (nSPS) is 13.6. The Morgan fingerprint density at radius 1 is 1.18 bits per heavy atom. The van der Waals surface area contributed by atoms with Crippen molar-refractivity contribution in [3.05, 3.63) is 29.4 Å². The van der Waals surface area contributed by atoms with Crippen LogP contribution < -0.4 is 20.1 Å². The van der Waals surface area contributed by atoms with Crippen molar-refractivity contribution in [2.24, 2.45) is 0 Å². The minimum Gasteiger partial charge on any atom is -0.495 e. The van der Waals surface area contributed by atoms with E-state index in [1.165, 1.54) is 12.8 Å². The van der Waals surface area contributed by atoms with E-state index >= 15 is 0 Å². The first-order chi connectivity index (χ1) is 10.7. The van der Waals surface area contributed by atoms with Crippen molar-refractivity contribution in [2.75, 3.05) is 24.9 Å². The fraction of sp³-hybridized carbons (Fsp3) is 0.333. The van der Waals surface area contributed by atoms with Gasteiger partial charge >= 0.3 is 0 Å². The lowest BCUT2D eigenvalue weighted by Gasteiger charge is -2.13. The second kappa shape index (κ2) is 6.27. The SMILES string of the molecule is COc1cc(Nc2nccc(NC3CC3)n2)c(OC)cc1Cl. The monoisotopic (exact) mass is 320 g/mol. The topological polar surface area (TPSA) is 68.3 Å². The van der Waals surface area contributed by atoms with Gasteiger partial charge in [-0.15, -0.1) is 0 Å². The number of halogens is 1. The summed E-state index contributed by atoms with van der Waals surface area (Å²) < 4.78 is 10.6. The van der Waals surface area contributed by atoms with E-state index in [0.717, 1.165) is 5.82 Å². The maximum Gasteiger partial charge on any atom is 0.229 e. The lowest BCUT2D eigenvalue weighted by atomic mass is 10.2. The van der Waals surface area contributed by atoms with E-state index in [1.807, 2.05) is 6.07 Å². The molecule has 1 aromatic heterocycles. The van der Waals surface area contributed by atoms with Crippen LogP contribution in [-0.4, -0.2) is 30.2 Å². The fourth-order valence-corrected chi connectivity index (χ4v) is 2.25. The van der Waals surface area contributed by atoms with E-state index in [-0.39, 0.29) is 0 Å². The standard InChI is InChI=1S/C15H17ClN4O2/c1-21-12-8-11(13(22-2)7-10(12)16)19-15-17-6-5-14(20-15)18-9-3-4-9/h5-9H,3-4H2,1-2H3,(H2,17,18,19,20). The van der Waals surface area contributed by atoms with Crippen LogP contribution in [0.15, 0.2) is 24.4 Å². The zero-order chi connectivity index (χ0) is 15.5. The molecule has 0 unspecified atom stereocenters. The number of nitrogens with zero attached hydrogens (tertiary/aromatic N) is 2. The molecular formula is C15H17ClN4O2. The van der Waals surface area contributed by atoms with Gasteiger partial charge in [0.2, 0.25) is 5.95 Å². The molecule has 0 amide bonds. The van der Waals surface area contributed by atoms with E-state index < -0.39 is 0 Å². The van der Waals surface area contributed by atoms with Crippen molar-refractivity contribution in [1.29, 1.82) is 0 Å². The predicted molar refractivity (Wildman–Crippen MR) is 86.5 cm³/mol. The highest BCUT2D eigenvalue weighted by molar-refractivity contribution is 6.32. The Morgan fingerprint density at radius 2 is 1.95 bits per heavy atom. The van der Waals surface area contributed by atoms with Crippen molar-refractivity contribution < 1.29 is 9.47 Å². The molecule has 1 saturated carbocycles. The van der Waals surface area contributed by atoms with Crippen molar-refractivity contribution in [3.8, 4) is 11.5 Å². The summed E-state index contributed by atoms with van der Waals surface area (Å²) in [5.41, 5.74) is 0.687. The van der Waals surface area contributed by atoms with Crippen molar-refractivity contribution in [2.45, 2.75) is 18.9 Å². The van der Waals surface area contributed by atoms with E-state index in [1.54, 1.807) is 32.5 Å². The number of methoxy groups -OCH3 is 2. The highest BCUT2D eigenvalue weighted by Gasteiger charge is 2.21. The Hall–Kier alpha value is -2.21. The molecule has 1 fully saturated rings. The summed E-state index contributed by atoms with van der Waals surface area (Å²) in [6.45, 7) is 0. The van der Waals surface area contributed by atoms with Gasteiger partial charge < -0.3 is 20.1 Å². The molecule has 7 heteroatoms. The van der Waals surface area contributed by atoms with Gasteiger partial charge in [-0.2, -0.15) is 4.98 Å². The van der Waals surface area contributed by atoms with Gasteiger partial charge in [0.25, 0.3) is 0 Å². The van der Waals surface area contributed by atoms with E-state index in [2.05, 4.69) is 20.6 Å². The van der Waals surface area contributed by atoms with Gasteiger partial charge in [0.05, 0.1) is 24.9 Å². The van der Waals surface area contributed by atoms with Gasteiger partial charge in [0, 0.05) is 24.4 Å². The average Bonchev–Trinajstić information content (AvgIpc) is 3.33. The van der Waals surface area contributed by atoms with Crippen LogP contribution in [0.3, 0.4) is 0 Å². The van der Waals surface area contributed by atoms with Crippen LogP contribution in [0.5, 0.6) is 11.5 Å². The average molecular weight is 321 g/mol. The van der Waals surface area contributed by atoms with Crippen LogP contribution in [0.25, 0.3) is 0 Å². The molecule has 1 aliphatic rings. The van der Waals surface area contributed by atoms with Gasteiger partial charge in [-0.3, -0.25) is 0 Å². The third-order valence-electron chi connectivity index (χ3n) is 3.31. The van der Waals surface area contributed by atoms with E-state index in [0.29, 0.717) is 34.2 Å². The lowest BCUT2D eigenvalue weighted by molar-refractivity contribution is 0.405. The highest BCUT2D eigenvalue weighted by Crippen LogP contribution is 2.37. The number of rotatable bonds is 6. The molecule has 6 nitrogen and oxygen atoms in total. The summed E-state index contributed by atoms with van der Waals surface area (Å²) in [4.78, 5) is 8.66. The first kappa shape index (κ1) is 14.7. The first-order valence-corrected chi connectivity index (χ1v) is 7.35. The van der Waals surface area contributed by atoms with E-state index in [9.17, 15) is 0 Å². The molecule has 1 heterocycles. The maximum absolute atomic E-state index is 6.10. The van der Waals surface area contributed by atoms with Gasteiger partial charge in [0.15, 0.2) is 0 Å².